The van der Waals surface area contributed by atoms with Crippen LogP contribution in [0, 0.1) is 0 Å². The second-order valence-electron chi connectivity index (χ2n) is 11.4. The van der Waals surface area contributed by atoms with Gasteiger partial charge in [-0.1, -0.05) is 12.6 Å². The van der Waals surface area contributed by atoms with Crippen LogP contribution in [0.2, 0.25) is 0 Å². The summed E-state index contributed by atoms with van der Waals surface area (Å²) in [5.41, 5.74) is 4.40. The quantitative estimate of drug-likeness (QED) is 0.562. The van der Waals surface area contributed by atoms with Crippen molar-refractivity contribution in [3.8, 4) is 5.75 Å². The number of hydrogen-bond donors (Lipinski definition) is 1. The molecule has 1 N–H and O–H groups in total. The maximum atomic E-state index is 12.0. The van der Waals surface area contributed by atoms with E-state index in [2.05, 4.69) is 38.9 Å². The monoisotopic (exact) mass is 550 g/mol. The standard InChI is InChI=1S/C28H34N6O4S/c1-2-25(35)33-6-5-21(15-33)34-13-20(14-34)19-11-22(18-3-4-18)26-24(12-19)31-27-23(16-38-26)28(30-17-29-27)32-7-9-39(36,37)10-8-32/h2,11-12,17-18,20-21H,1,3-10,13-16H2,(H,29,30,31). The third kappa shape index (κ3) is 4.65. The molecule has 206 valence electrons. The van der Waals surface area contributed by atoms with Crippen LogP contribution in [0.5, 0.6) is 5.75 Å². The third-order valence-corrected chi connectivity index (χ3v) is 10.5. The van der Waals surface area contributed by atoms with Gasteiger partial charge in [0.2, 0.25) is 5.91 Å². The summed E-state index contributed by atoms with van der Waals surface area (Å²) in [6.07, 6.45) is 6.32. The van der Waals surface area contributed by atoms with Crippen molar-refractivity contribution in [3.05, 3.63) is 47.8 Å². The fourth-order valence-electron chi connectivity index (χ4n) is 6.36. The number of hydrogen-bond acceptors (Lipinski definition) is 9. The molecule has 1 atom stereocenters. The summed E-state index contributed by atoms with van der Waals surface area (Å²) in [6.45, 7) is 8.39. The average molecular weight is 551 g/mol. The first-order chi connectivity index (χ1) is 18.9. The number of aromatic nitrogens is 2. The van der Waals surface area contributed by atoms with Crippen LogP contribution in [0.25, 0.3) is 0 Å². The van der Waals surface area contributed by atoms with Gasteiger partial charge in [0.1, 0.15) is 30.3 Å². The molecule has 5 aliphatic rings. The molecule has 2 aromatic rings. The Balaban J connectivity index is 1.12. The van der Waals surface area contributed by atoms with Gasteiger partial charge in [0, 0.05) is 51.2 Å². The number of carbonyl (C=O) groups excluding carboxylic acids is 1. The molecule has 1 unspecified atom stereocenters. The lowest BCUT2D eigenvalue weighted by Gasteiger charge is -2.43. The maximum absolute atomic E-state index is 12.0. The topological polar surface area (TPSA) is 108 Å². The van der Waals surface area contributed by atoms with Gasteiger partial charge >= 0.3 is 0 Å². The van der Waals surface area contributed by atoms with Crippen molar-refractivity contribution in [1.82, 2.24) is 19.8 Å². The number of likely N-dealkylation sites (tertiary alicyclic amines) is 2. The smallest absolute Gasteiger partial charge is 0.246 e. The first kappa shape index (κ1) is 24.8. The normalized spacial score (nSPS) is 24.6. The Bertz CT molecular complexity index is 1420. The van der Waals surface area contributed by atoms with Crippen LogP contribution in [0.1, 0.15) is 47.8 Å². The summed E-state index contributed by atoms with van der Waals surface area (Å²) in [6, 6.07) is 4.98. The van der Waals surface area contributed by atoms with Crippen molar-refractivity contribution in [2.45, 2.75) is 43.7 Å². The van der Waals surface area contributed by atoms with E-state index in [0.717, 1.165) is 61.2 Å². The van der Waals surface area contributed by atoms with Crippen molar-refractivity contribution in [3.63, 3.8) is 0 Å². The van der Waals surface area contributed by atoms with Crippen molar-refractivity contribution in [1.29, 1.82) is 0 Å². The van der Waals surface area contributed by atoms with Crippen LogP contribution in [-0.4, -0.2) is 90.9 Å². The van der Waals surface area contributed by atoms with Crippen LogP contribution in [0.4, 0.5) is 17.3 Å². The molecule has 1 amide bonds. The van der Waals surface area contributed by atoms with Crippen molar-refractivity contribution < 1.29 is 17.9 Å². The van der Waals surface area contributed by atoms with E-state index >= 15 is 0 Å². The molecule has 3 saturated heterocycles. The molecule has 0 bridgehead atoms. The fraction of sp³-hybridized carbons (Fsp3) is 0.536. The fourth-order valence-corrected chi connectivity index (χ4v) is 7.57. The van der Waals surface area contributed by atoms with Gasteiger partial charge in [0.15, 0.2) is 9.84 Å². The van der Waals surface area contributed by atoms with Crippen molar-refractivity contribution >= 4 is 33.1 Å². The van der Waals surface area contributed by atoms with Gasteiger partial charge in [-0.2, -0.15) is 0 Å². The molecule has 0 spiro atoms. The lowest BCUT2D eigenvalue weighted by atomic mass is 9.87. The van der Waals surface area contributed by atoms with Gasteiger partial charge in [-0.3, -0.25) is 9.69 Å². The van der Waals surface area contributed by atoms with Crippen LogP contribution < -0.4 is 15.0 Å². The van der Waals surface area contributed by atoms with Crippen molar-refractivity contribution in [2.75, 3.05) is 61.0 Å². The maximum Gasteiger partial charge on any atom is 0.246 e. The Labute approximate surface area is 229 Å². The van der Waals surface area contributed by atoms with Crippen LogP contribution in [0.3, 0.4) is 0 Å². The molecule has 5 heterocycles. The van der Waals surface area contributed by atoms with E-state index in [0.29, 0.717) is 37.6 Å². The van der Waals surface area contributed by atoms with E-state index in [4.69, 9.17) is 4.74 Å². The van der Waals surface area contributed by atoms with Crippen LogP contribution in [0.15, 0.2) is 31.1 Å². The number of fused-ring (bicyclic) bond motifs is 2. The Morgan fingerprint density at radius 1 is 1.05 bits per heavy atom. The largest absolute Gasteiger partial charge is 0.486 e. The summed E-state index contributed by atoms with van der Waals surface area (Å²) in [7, 11) is -2.99. The molecule has 7 rings (SSSR count). The first-order valence-electron chi connectivity index (χ1n) is 13.9. The summed E-state index contributed by atoms with van der Waals surface area (Å²) >= 11 is 0. The minimum atomic E-state index is -2.99. The van der Waals surface area contributed by atoms with E-state index in [1.807, 2.05) is 9.80 Å². The molecule has 1 aliphatic carbocycles. The number of sulfone groups is 1. The zero-order valence-corrected chi connectivity index (χ0v) is 22.8. The Morgan fingerprint density at radius 2 is 1.85 bits per heavy atom. The zero-order valence-electron chi connectivity index (χ0n) is 22.0. The highest BCUT2D eigenvalue weighted by Gasteiger charge is 2.39. The number of anilines is 3. The molecular weight excluding hydrogens is 516 g/mol. The summed E-state index contributed by atoms with van der Waals surface area (Å²) < 4.78 is 30.4. The molecular formula is C28H34N6O4S. The Morgan fingerprint density at radius 3 is 2.59 bits per heavy atom. The molecule has 0 radical (unpaired) electrons. The Hall–Kier alpha value is -3.18. The molecule has 1 aromatic carbocycles. The third-order valence-electron chi connectivity index (χ3n) is 8.88. The molecule has 1 aromatic heterocycles. The zero-order chi connectivity index (χ0) is 26.7. The van der Waals surface area contributed by atoms with Gasteiger partial charge in [-0.25, -0.2) is 18.4 Å². The highest BCUT2D eigenvalue weighted by molar-refractivity contribution is 7.91. The predicted molar refractivity (Wildman–Crippen MR) is 148 cm³/mol. The van der Waals surface area contributed by atoms with E-state index in [1.165, 1.54) is 30.0 Å². The SMILES string of the molecule is C=CC(=O)N1CCC(N2CC(c3cc4c(c(C5CC5)c3)OCc3c(ncnc3N3CCS(=O)(=O)CC3)N4)C2)C1. The van der Waals surface area contributed by atoms with Gasteiger partial charge in [-0.15, -0.1) is 0 Å². The number of nitrogens with one attached hydrogen (secondary N) is 1. The first-order valence-corrected chi connectivity index (χ1v) is 15.7. The van der Waals surface area contributed by atoms with Crippen LogP contribution in [-0.2, 0) is 21.2 Å². The van der Waals surface area contributed by atoms with Gasteiger partial charge in [0.05, 0.1) is 22.8 Å². The molecule has 1 saturated carbocycles. The predicted octanol–water partition coefficient (Wildman–Crippen LogP) is 2.41. The minimum absolute atomic E-state index is 0.0260. The number of nitrogens with zero attached hydrogens (tertiary/aromatic N) is 5. The number of ether oxygens (including phenoxy) is 1. The highest BCUT2D eigenvalue weighted by atomic mass is 32.2. The minimum Gasteiger partial charge on any atom is -0.486 e. The number of benzene rings is 1. The number of carbonyl (C=O) groups is 1. The van der Waals surface area contributed by atoms with E-state index < -0.39 is 9.84 Å². The Kier molecular flexibility index (Phi) is 6.04. The highest BCUT2D eigenvalue weighted by Crippen LogP contribution is 2.50. The lowest BCUT2D eigenvalue weighted by molar-refractivity contribution is -0.125. The second-order valence-corrected chi connectivity index (χ2v) is 13.7. The molecule has 10 nitrogen and oxygen atoms in total. The number of amides is 1. The molecule has 4 aliphatic heterocycles. The van der Waals surface area contributed by atoms with Gasteiger partial charge in [-0.05, 0) is 48.4 Å². The number of rotatable bonds is 5. The molecule has 11 heteroatoms. The lowest BCUT2D eigenvalue weighted by Crippen LogP contribution is -2.51. The van der Waals surface area contributed by atoms with Gasteiger partial charge < -0.3 is 19.9 Å². The molecule has 4 fully saturated rings. The summed E-state index contributed by atoms with van der Waals surface area (Å²) in [4.78, 5) is 27.5. The van der Waals surface area contributed by atoms with E-state index in [9.17, 15) is 13.2 Å². The van der Waals surface area contributed by atoms with Gasteiger partial charge in [0.25, 0.3) is 0 Å². The second kappa shape index (κ2) is 9.48. The van der Waals surface area contributed by atoms with E-state index in [1.54, 1.807) is 6.33 Å². The van der Waals surface area contributed by atoms with E-state index in [-0.39, 0.29) is 17.4 Å². The van der Waals surface area contributed by atoms with Crippen molar-refractivity contribution in [2.24, 2.45) is 0 Å². The average Bonchev–Trinajstić information content (AvgIpc) is 3.67. The summed E-state index contributed by atoms with van der Waals surface area (Å²) in [5.74, 6) is 3.63. The summed E-state index contributed by atoms with van der Waals surface area (Å²) in [5, 5.41) is 3.57. The van der Waals surface area contributed by atoms with Crippen LogP contribution >= 0.6 is 0 Å². The molecule has 39 heavy (non-hydrogen) atoms.